The number of rotatable bonds is 4. The molecule has 0 atom stereocenters. The Morgan fingerprint density at radius 1 is 1.31 bits per heavy atom. The van der Waals surface area contributed by atoms with Crippen molar-refractivity contribution in [2.45, 2.75) is 19.6 Å². The molecule has 0 fully saturated rings. The van der Waals surface area contributed by atoms with Crippen LogP contribution in [0.25, 0.3) is 5.52 Å². The average Bonchev–Trinajstić information content (AvgIpc) is 2.95. The molecule has 0 aliphatic carbocycles. The Morgan fingerprint density at radius 3 is 2.69 bits per heavy atom. The number of carboxylic acid groups (broad SMARTS) is 1. The topological polar surface area (TPSA) is 106 Å². The summed E-state index contributed by atoms with van der Waals surface area (Å²) in [4.78, 5) is 15.3. The normalized spacial score (nSPS) is 11.7. The predicted octanol–water partition coefficient (Wildman–Crippen LogP) is 2.95. The maximum absolute atomic E-state index is 12.9. The summed E-state index contributed by atoms with van der Waals surface area (Å²) in [6.07, 6.45) is -2.95. The van der Waals surface area contributed by atoms with Crippen LogP contribution in [0.1, 0.15) is 27.3 Å². The Hall–Kier alpha value is -3.30. The summed E-state index contributed by atoms with van der Waals surface area (Å²) >= 11 is 0. The number of anilines is 2. The summed E-state index contributed by atoms with van der Waals surface area (Å²) in [5, 5.41) is 15.9. The number of carboxylic acids is 1. The lowest BCUT2D eigenvalue weighted by molar-refractivity contribution is -0.137. The number of alkyl halides is 3. The lowest BCUT2D eigenvalue weighted by Gasteiger charge is -2.12. The number of halogens is 3. The first-order valence-corrected chi connectivity index (χ1v) is 7.44. The van der Waals surface area contributed by atoms with Crippen LogP contribution in [0.3, 0.4) is 0 Å². The lowest BCUT2D eigenvalue weighted by Crippen LogP contribution is -2.09. The van der Waals surface area contributed by atoms with Crippen LogP contribution in [0.5, 0.6) is 0 Å². The monoisotopic (exact) mass is 365 g/mol. The Kier molecular flexibility index (Phi) is 4.18. The third kappa shape index (κ3) is 3.53. The molecule has 0 amide bonds. The van der Waals surface area contributed by atoms with Gasteiger partial charge in [0.1, 0.15) is 5.52 Å². The van der Waals surface area contributed by atoms with Crippen LogP contribution in [0.2, 0.25) is 0 Å². The summed E-state index contributed by atoms with van der Waals surface area (Å²) < 4.78 is 40.0. The van der Waals surface area contributed by atoms with Gasteiger partial charge in [0.05, 0.1) is 17.5 Å². The van der Waals surface area contributed by atoms with E-state index in [1.165, 1.54) is 16.6 Å². The Balaban J connectivity index is 1.93. The molecule has 7 nitrogen and oxygen atoms in total. The van der Waals surface area contributed by atoms with Crippen LogP contribution in [-0.2, 0) is 12.7 Å². The number of aryl methyl sites for hydroxylation is 1. The molecule has 2 heterocycles. The van der Waals surface area contributed by atoms with E-state index in [0.717, 1.165) is 12.1 Å². The molecule has 0 saturated carbocycles. The molecule has 0 unspecified atom stereocenters. The molecule has 2 aromatic heterocycles. The first kappa shape index (κ1) is 17.5. The molecule has 0 bridgehead atoms. The minimum absolute atomic E-state index is 0.00325. The van der Waals surface area contributed by atoms with E-state index in [-0.39, 0.29) is 17.9 Å². The summed E-state index contributed by atoms with van der Waals surface area (Å²) in [5.41, 5.74) is 5.82. The number of nitrogens with two attached hydrogens (primary N) is 1. The fourth-order valence-electron chi connectivity index (χ4n) is 2.51. The number of fused-ring (bicyclic) bond motifs is 1. The van der Waals surface area contributed by atoms with Crippen molar-refractivity contribution in [2.75, 3.05) is 11.1 Å². The number of nitrogens with zero attached hydrogens (tertiary/aromatic N) is 3. The first-order chi connectivity index (χ1) is 12.1. The van der Waals surface area contributed by atoms with Gasteiger partial charge in [-0.25, -0.2) is 14.3 Å². The van der Waals surface area contributed by atoms with Gasteiger partial charge in [0.15, 0.2) is 11.5 Å². The third-order valence-corrected chi connectivity index (χ3v) is 3.60. The zero-order chi connectivity index (χ0) is 19.1. The summed E-state index contributed by atoms with van der Waals surface area (Å²) in [6, 6.07) is 4.62. The number of nitrogen functional groups attached to an aromatic ring is 1. The summed E-state index contributed by atoms with van der Waals surface area (Å²) in [7, 11) is 0. The van der Waals surface area contributed by atoms with Gasteiger partial charge < -0.3 is 16.2 Å². The Labute approximate surface area is 145 Å². The minimum atomic E-state index is -4.50. The van der Waals surface area contributed by atoms with Crippen molar-refractivity contribution in [3.8, 4) is 0 Å². The zero-order valence-corrected chi connectivity index (χ0v) is 13.5. The van der Waals surface area contributed by atoms with Crippen molar-refractivity contribution in [3.63, 3.8) is 0 Å². The van der Waals surface area contributed by atoms with Crippen molar-refractivity contribution < 1.29 is 23.1 Å². The molecule has 10 heteroatoms. The lowest BCUT2D eigenvalue weighted by atomic mass is 10.1. The van der Waals surface area contributed by atoms with E-state index in [9.17, 15) is 18.0 Å². The SMILES string of the molecule is Cc1cn2nc(C(=O)O)cc2c(NCc2cc(N)cc(C(F)(F)F)c2)n1. The second-order valence-corrected chi connectivity index (χ2v) is 5.71. The molecule has 3 aromatic rings. The predicted molar refractivity (Wildman–Crippen MR) is 87.9 cm³/mol. The molecular formula is C16H14F3N5O2. The fraction of sp³-hybridized carbons (Fsp3) is 0.188. The standard InChI is InChI=1S/C16H14F3N5O2/c1-8-7-24-13(5-12(23-24)15(25)26)14(22-8)21-6-9-2-10(16(17,18)19)4-11(20)3-9/h2-5,7H,6,20H2,1H3,(H,21,22)(H,25,26). The summed E-state index contributed by atoms with van der Waals surface area (Å²) in [5.74, 6) is -0.885. The van der Waals surface area contributed by atoms with E-state index in [2.05, 4.69) is 15.4 Å². The van der Waals surface area contributed by atoms with Crippen molar-refractivity contribution >= 4 is 23.0 Å². The van der Waals surface area contributed by atoms with E-state index in [4.69, 9.17) is 10.8 Å². The van der Waals surface area contributed by atoms with Crippen LogP contribution in [0.15, 0.2) is 30.5 Å². The number of nitrogens with one attached hydrogen (secondary N) is 1. The van der Waals surface area contributed by atoms with Gasteiger partial charge in [0.2, 0.25) is 0 Å². The highest BCUT2D eigenvalue weighted by Gasteiger charge is 2.31. The molecule has 4 N–H and O–H groups in total. The molecule has 0 spiro atoms. The maximum Gasteiger partial charge on any atom is 0.416 e. The largest absolute Gasteiger partial charge is 0.476 e. The molecule has 136 valence electrons. The van der Waals surface area contributed by atoms with Crippen molar-refractivity contribution in [2.24, 2.45) is 0 Å². The number of benzene rings is 1. The van der Waals surface area contributed by atoms with Gasteiger partial charge >= 0.3 is 12.1 Å². The highest BCUT2D eigenvalue weighted by atomic mass is 19.4. The van der Waals surface area contributed by atoms with Crippen LogP contribution in [0, 0.1) is 6.92 Å². The molecule has 0 radical (unpaired) electrons. The second-order valence-electron chi connectivity index (χ2n) is 5.71. The fourth-order valence-corrected chi connectivity index (χ4v) is 2.51. The molecule has 1 aromatic carbocycles. The maximum atomic E-state index is 12.9. The van der Waals surface area contributed by atoms with Gasteiger partial charge in [0, 0.05) is 18.3 Å². The minimum Gasteiger partial charge on any atom is -0.476 e. The van der Waals surface area contributed by atoms with Crippen LogP contribution in [0.4, 0.5) is 24.7 Å². The van der Waals surface area contributed by atoms with E-state index in [1.54, 1.807) is 13.1 Å². The van der Waals surface area contributed by atoms with E-state index in [0.29, 0.717) is 22.6 Å². The van der Waals surface area contributed by atoms with Gasteiger partial charge in [-0.15, -0.1) is 0 Å². The zero-order valence-electron chi connectivity index (χ0n) is 13.5. The smallest absolute Gasteiger partial charge is 0.416 e. The highest BCUT2D eigenvalue weighted by molar-refractivity contribution is 5.88. The number of hydrogen-bond donors (Lipinski definition) is 3. The number of hydrogen-bond acceptors (Lipinski definition) is 5. The number of aromatic carboxylic acids is 1. The van der Waals surface area contributed by atoms with Gasteiger partial charge in [-0.3, -0.25) is 0 Å². The molecule has 26 heavy (non-hydrogen) atoms. The van der Waals surface area contributed by atoms with Gasteiger partial charge in [0.25, 0.3) is 0 Å². The quantitative estimate of drug-likeness (QED) is 0.614. The molecule has 0 aliphatic heterocycles. The van der Waals surface area contributed by atoms with E-state index in [1.807, 2.05) is 0 Å². The van der Waals surface area contributed by atoms with Crippen molar-refractivity contribution in [1.29, 1.82) is 0 Å². The third-order valence-electron chi connectivity index (χ3n) is 3.60. The van der Waals surface area contributed by atoms with E-state index < -0.39 is 17.7 Å². The van der Waals surface area contributed by atoms with E-state index >= 15 is 0 Å². The Morgan fingerprint density at radius 2 is 2.04 bits per heavy atom. The first-order valence-electron chi connectivity index (χ1n) is 7.44. The highest BCUT2D eigenvalue weighted by Crippen LogP contribution is 2.31. The van der Waals surface area contributed by atoms with Gasteiger partial charge in [-0.05, 0) is 30.7 Å². The van der Waals surface area contributed by atoms with Crippen LogP contribution < -0.4 is 11.1 Å². The Bertz CT molecular complexity index is 997. The van der Waals surface area contributed by atoms with Crippen molar-refractivity contribution in [3.05, 3.63) is 53.0 Å². The van der Waals surface area contributed by atoms with Gasteiger partial charge in [-0.1, -0.05) is 0 Å². The molecule has 3 rings (SSSR count). The van der Waals surface area contributed by atoms with Crippen LogP contribution >= 0.6 is 0 Å². The van der Waals surface area contributed by atoms with Crippen molar-refractivity contribution in [1.82, 2.24) is 14.6 Å². The van der Waals surface area contributed by atoms with Gasteiger partial charge in [-0.2, -0.15) is 18.3 Å². The molecular weight excluding hydrogens is 351 g/mol. The average molecular weight is 365 g/mol. The summed E-state index contributed by atoms with van der Waals surface area (Å²) in [6.45, 7) is 1.71. The molecule has 0 aliphatic rings. The number of carbonyl (C=O) groups is 1. The molecule has 0 saturated heterocycles. The number of aromatic nitrogens is 3. The second kappa shape index (κ2) is 6.21. The van der Waals surface area contributed by atoms with Crippen LogP contribution in [-0.4, -0.2) is 25.7 Å².